The van der Waals surface area contributed by atoms with Gasteiger partial charge < -0.3 is 4.90 Å². The molecule has 1 aliphatic heterocycles. The molecular weight excluding hydrogens is 300 g/mol. The molecule has 1 unspecified atom stereocenters. The second-order valence-electron chi connectivity index (χ2n) is 5.03. The van der Waals surface area contributed by atoms with Crippen LogP contribution in [-0.2, 0) is 10.0 Å². The second kappa shape index (κ2) is 5.71. The van der Waals surface area contributed by atoms with E-state index >= 15 is 0 Å². The Labute approximate surface area is 123 Å². The van der Waals surface area contributed by atoms with Crippen molar-refractivity contribution in [3.05, 3.63) is 28.8 Å². The number of benzene rings is 1. The summed E-state index contributed by atoms with van der Waals surface area (Å²) in [6.45, 7) is 2.64. The summed E-state index contributed by atoms with van der Waals surface area (Å²) in [5.41, 5.74) is 0.187. The van der Waals surface area contributed by atoms with Gasteiger partial charge in [-0.05, 0) is 44.4 Å². The number of likely N-dealkylation sites (tertiary alicyclic amines) is 1. The van der Waals surface area contributed by atoms with Crippen LogP contribution in [0.3, 0.4) is 0 Å². The van der Waals surface area contributed by atoms with Gasteiger partial charge in [0.1, 0.15) is 0 Å². The highest BCUT2D eigenvalue weighted by Gasteiger charge is 2.26. The number of carbonyl (C=O) groups excluding carboxylic acids is 1. The van der Waals surface area contributed by atoms with E-state index < -0.39 is 10.0 Å². The lowest BCUT2D eigenvalue weighted by Crippen LogP contribution is -2.42. The zero-order valence-electron chi connectivity index (χ0n) is 11.2. The molecule has 1 aromatic rings. The molecular formula is C13H17ClN2O3S. The standard InChI is InChI=1S/C13H17ClN2O3S/c1-9-4-2-3-7-16(9)13(17)11-8-10(20(15,18)19)5-6-12(11)14/h5-6,8-9H,2-4,7H2,1H3,(H2,15,18,19). The van der Waals surface area contributed by atoms with E-state index in [-0.39, 0.29) is 27.4 Å². The summed E-state index contributed by atoms with van der Waals surface area (Å²) in [4.78, 5) is 14.1. The van der Waals surface area contributed by atoms with Crippen LogP contribution in [0.15, 0.2) is 23.1 Å². The predicted molar refractivity (Wildman–Crippen MR) is 77.2 cm³/mol. The topological polar surface area (TPSA) is 80.5 Å². The number of hydrogen-bond donors (Lipinski definition) is 1. The van der Waals surface area contributed by atoms with Gasteiger partial charge in [0.25, 0.3) is 5.91 Å². The molecule has 0 radical (unpaired) electrons. The maximum atomic E-state index is 12.5. The van der Waals surface area contributed by atoms with Gasteiger partial charge in [-0.2, -0.15) is 0 Å². The van der Waals surface area contributed by atoms with E-state index in [0.717, 1.165) is 19.3 Å². The zero-order valence-corrected chi connectivity index (χ0v) is 12.7. The van der Waals surface area contributed by atoms with Crippen LogP contribution in [0.25, 0.3) is 0 Å². The SMILES string of the molecule is CC1CCCCN1C(=O)c1cc(S(N)(=O)=O)ccc1Cl. The molecule has 1 aliphatic rings. The molecule has 1 heterocycles. The quantitative estimate of drug-likeness (QED) is 0.906. The predicted octanol–water partition coefficient (Wildman–Crippen LogP) is 2.00. The summed E-state index contributed by atoms with van der Waals surface area (Å²) < 4.78 is 22.7. The highest BCUT2D eigenvalue weighted by atomic mass is 35.5. The first-order chi connectivity index (χ1) is 9.30. The van der Waals surface area contributed by atoms with Gasteiger partial charge >= 0.3 is 0 Å². The molecule has 2 N–H and O–H groups in total. The second-order valence-corrected chi connectivity index (χ2v) is 7.00. The van der Waals surface area contributed by atoms with Gasteiger partial charge in [-0.15, -0.1) is 0 Å². The lowest BCUT2D eigenvalue weighted by molar-refractivity contribution is 0.0635. The van der Waals surface area contributed by atoms with Gasteiger partial charge in [-0.3, -0.25) is 4.79 Å². The van der Waals surface area contributed by atoms with Crippen LogP contribution in [0.5, 0.6) is 0 Å². The number of hydrogen-bond acceptors (Lipinski definition) is 3. The fourth-order valence-corrected chi connectivity index (χ4v) is 3.14. The van der Waals surface area contributed by atoms with Crippen LogP contribution in [0.4, 0.5) is 0 Å². The van der Waals surface area contributed by atoms with Crippen LogP contribution in [-0.4, -0.2) is 31.8 Å². The largest absolute Gasteiger partial charge is 0.336 e. The van der Waals surface area contributed by atoms with E-state index in [0.29, 0.717) is 6.54 Å². The van der Waals surface area contributed by atoms with Crippen LogP contribution in [0.1, 0.15) is 36.5 Å². The summed E-state index contributed by atoms with van der Waals surface area (Å²) in [7, 11) is -3.85. The normalized spacial score (nSPS) is 19.9. The summed E-state index contributed by atoms with van der Waals surface area (Å²) >= 11 is 6.02. The minimum absolute atomic E-state index is 0.102. The van der Waals surface area contributed by atoms with E-state index in [9.17, 15) is 13.2 Å². The third-order valence-electron chi connectivity index (χ3n) is 3.56. The third kappa shape index (κ3) is 3.13. The highest BCUT2D eigenvalue weighted by molar-refractivity contribution is 7.89. The molecule has 1 amide bonds. The van der Waals surface area contributed by atoms with Gasteiger partial charge in [0.2, 0.25) is 10.0 Å². The minimum Gasteiger partial charge on any atom is -0.336 e. The zero-order chi connectivity index (χ0) is 14.9. The Morgan fingerprint density at radius 3 is 2.70 bits per heavy atom. The van der Waals surface area contributed by atoms with E-state index in [2.05, 4.69) is 0 Å². The smallest absolute Gasteiger partial charge is 0.255 e. The minimum atomic E-state index is -3.85. The molecule has 1 saturated heterocycles. The Bertz CT molecular complexity index is 631. The van der Waals surface area contributed by atoms with E-state index in [4.69, 9.17) is 16.7 Å². The summed E-state index contributed by atoms with van der Waals surface area (Å²) in [6, 6.07) is 4.07. The number of primary sulfonamides is 1. The van der Waals surface area contributed by atoms with Crippen molar-refractivity contribution >= 4 is 27.5 Å². The van der Waals surface area contributed by atoms with Gasteiger partial charge in [-0.25, -0.2) is 13.6 Å². The third-order valence-corrected chi connectivity index (χ3v) is 4.80. The Morgan fingerprint density at radius 2 is 2.10 bits per heavy atom. The van der Waals surface area contributed by atoms with E-state index in [1.165, 1.54) is 18.2 Å². The Balaban J connectivity index is 2.38. The maximum absolute atomic E-state index is 12.5. The maximum Gasteiger partial charge on any atom is 0.255 e. The number of piperidine rings is 1. The first-order valence-electron chi connectivity index (χ1n) is 6.44. The first kappa shape index (κ1) is 15.3. The van der Waals surface area contributed by atoms with Gasteiger partial charge in [0.15, 0.2) is 0 Å². The molecule has 1 aromatic carbocycles. The molecule has 0 aromatic heterocycles. The Kier molecular flexibility index (Phi) is 4.36. The highest BCUT2D eigenvalue weighted by Crippen LogP contribution is 2.25. The summed E-state index contributed by atoms with van der Waals surface area (Å²) in [5.74, 6) is -0.243. The lowest BCUT2D eigenvalue weighted by Gasteiger charge is -2.33. The van der Waals surface area contributed by atoms with Gasteiger partial charge in [0.05, 0.1) is 15.5 Å². The fourth-order valence-electron chi connectivity index (χ4n) is 2.40. The number of sulfonamides is 1. The van der Waals surface area contributed by atoms with Gasteiger partial charge in [-0.1, -0.05) is 11.6 Å². The summed E-state index contributed by atoms with van der Waals surface area (Å²) in [6.07, 6.45) is 2.98. The van der Waals surface area contributed by atoms with Crippen LogP contribution in [0, 0.1) is 0 Å². The number of halogens is 1. The van der Waals surface area contributed by atoms with Crippen molar-refractivity contribution < 1.29 is 13.2 Å². The van der Waals surface area contributed by atoms with E-state index in [1.54, 1.807) is 4.90 Å². The Morgan fingerprint density at radius 1 is 1.40 bits per heavy atom. The number of nitrogens with two attached hydrogens (primary N) is 1. The molecule has 5 nitrogen and oxygen atoms in total. The van der Waals surface area contributed by atoms with Crippen LogP contribution in [0.2, 0.25) is 5.02 Å². The van der Waals surface area contributed by atoms with Crippen molar-refractivity contribution in [2.75, 3.05) is 6.54 Å². The van der Waals surface area contributed by atoms with Crippen molar-refractivity contribution in [1.82, 2.24) is 4.90 Å². The average Bonchev–Trinajstić information content (AvgIpc) is 2.37. The van der Waals surface area contributed by atoms with Crippen molar-refractivity contribution in [3.63, 3.8) is 0 Å². The van der Waals surface area contributed by atoms with Crippen molar-refractivity contribution in [3.8, 4) is 0 Å². The summed E-state index contributed by atoms with van der Waals surface area (Å²) in [5, 5.41) is 5.32. The molecule has 0 saturated carbocycles. The van der Waals surface area contributed by atoms with Crippen molar-refractivity contribution in [2.24, 2.45) is 5.14 Å². The van der Waals surface area contributed by atoms with Gasteiger partial charge in [0, 0.05) is 12.6 Å². The molecule has 7 heteroatoms. The van der Waals surface area contributed by atoms with Crippen LogP contribution < -0.4 is 5.14 Å². The monoisotopic (exact) mass is 316 g/mol. The molecule has 20 heavy (non-hydrogen) atoms. The Hall–Kier alpha value is -1.11. The van der Waals surface area contributed by atoms with Crippen molar-refractivity contribution in [1.29, 1.82) is 0 Å². The number of amides is 1. The number of rotatable bonds is 2. The first-order valence-corrected chi connectivity index (χ1v) is 8.36. The fraction of sp³-hybridized carbons (Fsp3) is 0.462. The molecule has 1 fully saturated rings. The average molecular weight is 317 g/mol. The number of nitrogens with zero attached hydrogens (tertiary/aromatic N) is 1. The number of carbonyl (C=O) groups is 1. The molecule has 2 rings (SSSR count). The van der Waals surface area contributed by atoms with Crippen molar-refractivity contribution in [2.45, 2.75) is 37.1 Å². The molecule has 110 valence electrons. The molecule has 0 bridgehead atoms. The van der Waals surface area contributed by atoms with E-state index in [1.807, 2.05) is 6.92 Å². The molecule has 0 spiro atoms. The van der Waals surface area contributed by atoms with Crippen LogP contribution >= 0.6 is 11.6 Å². The molecule has 1 atom stereocenters. The lowest BCUT2D eigenvalue weighted by atomic mass is 10.0. The molecule has 0 aliphatic carbocycles.